The van der Waals surface area contributed by atoms with Gasteiger partial charge in [-0.15, -0.1) is 0 Å². The zero-order chi connectivity index (χ0) is 15.6. The van der Waals surface area contributed by atoms with Crippen molar-refractivity contribution >= 4 is 22.0 Å². The summed E-state index contributed by atoms with van der Waals surface area (Å²) in [6.45, 7) is 0.421. The van der Waals surface area contributed by atoms with E-state index >= 15 is 0 Å². The average Bonchev–Trinajstić information content (AvgIpc) is 2.31. The number of urea groups is 1. The molecule has 0 heterocycles. The molecule has 0 atom stereocenters. The first-order valence-corrected chi connectivity index (χ1v) is 7.83. The van der Waals surface area contributed by atoms with E-state index in [0.29, 0.717) is 6.42 Å². The number of hydrogen-bond acceptors (Lipinski definition) is 5. The fourth-order valence-electron chi connectivity index (χ4n) is 1.27. The number of sulfonamides is 1. The maximum atomic E-state index is 11.7. The number of amides is 2. The molecular formula is C10H21N3O6S. The predicted octanol–water partition coefficient (Wildman–Crippen LogP) is -1.33. The Hall–Kier alpha value is -1.39. The van der Waals surface area contributed by atoms with Crippen LogP contribution in [0.2, 0.25) is 0 Å². The van der Waals surface area contributed by atoms with Crippen molar-refractivity contribution in [2.75, 3.05) is 46.2 Å². The number of nitrogens with zero attached hydrogens (tertiary/aromatic N) is 1. The molecule has 10 heteroatoms. The molecule has 0 aromatic heterocycles. The number of hydrogen-bond donors (Lipinski definition) is 3. The smallest absolute Gasteiger partial charge is 0.323 e. The highest BCUT2D eigenvalue weighted by atomic mass is 32.2. The highest BCUT2D eigenvalue weighted by Gasteiger charge is 2.15. The number of aliphatic carboxylic acids is 1. The summed E-state index contributed by atoms with van der Waals surface area (Å²) < 4.78 is 28.7. The van der Waals surface area contributed by atoms with Gasteiger partial charge < -0.3 is 20.1 Å². The van der Waals surface area contributed by atoms with Crippen LogP contribution in [0.3, 0.4) is 0 Å². The maximum Gasteiger partial charge on any atom is 0.323 e. The van der Waals surface area contributed by atoms with Crippen molar-refractivity contribution in [1.82, 2.24) is 14.9 Å². The van der Waals surface area contributed by atoms with Gasteiger partial charge in [0.25, 0.3) is 0 Å². The molecular weight excluding hydrogens is 290 g/mol. The fourth-order valence-corrected chi connectivity index (χ4v) is 1.79. The molecule has 2 amide bonds. The van der Waals surface area contributed by atoms with Gasteiger partial charge >= 0.3 is 12.0 Å². The number of methoxy groups -OCH3 is 1. The van der Waals surface area contributed by atoms with Crippen molar-refractivity contribution in [2.45, 2.75) is 6.42 Å². The van der Waals surface area contributed by atoms with Crippen LogP contribution in [-0.4, -0.2) is 76.6 Å². The van der Waals surface area contributed by atoms with E-state index in [0.717, 1.165) is 11.2 Å². The number of rotatable bonds is 10. The molecule has 0 fully saturated rings. The van der Waals surface area contributed by atoms with Crippen LogP contribution < -0.4 is 10.0 Å². The van der Waals surface area contributed by atoms with Crippen LogP contribution in [-0.2, 0) is 19.6 Å². The third-order valence-electron chi connectivity index (χ3n) is 2.17. The highest BCUT2D eigenvalue weighted by molar-refractivity contribution is 7.88. The number of carbonyl (C=O) groups excluding carboxylic acids is 1. The molecule has 0 aliphatic rings. The van der Waals surface area contributed by atoms with E-state index in [9.17, 15) is 18.0 Å². The minimum atomic E-state index is -3.24. The van der Waals surface area contributed by atoms with E-state index in [1.54, 1.807) is 0 Å². The third kappa shape index (κ3) is 10.5. The lowest BCUT2D eigenvalue weighted by Gasteiger charge is -2.20. The summed E-state index contributed by atoms with van der Waals surface area (Å²) in [7, 11) is -1.78. The molecule has 3 N–H and O–H groups in total. The molecule has 9 nitrogen and oxygen atoms in total. The minimum Gasteiger partial charge on any atom is -0.480 e. The van der Waals surface area contributed by atoms with Crippen molar-refractivity contribution in [3.05, 3.63) is 0 Å². The zero-order valence-electron chi connectivity index (χ0n) is 11.6. The highest BCUT2D eigenvalue weighted by Crippen LogP contribution is 1.91. The van der Waals surface area contributed by atoms with E-state index in [-0.39, 0.29) is 26.2 Å². The number of carboxylic acids is 1. The Morgan fingerprint density at radius 2 is 1.95 bits per heavy atom. The second-order valence-electron chi connectivity index (χ2n) is 4.06. The van der Waals surface area contributed by atoms with Crippen molar-refractivity contribution in [3.8, 4) is 0 Å². The van der Waals surface area contributed by atoms with E-state index in [1.165, 1.54) is 7.11 Å². The summed E-state index contributed by atoms with van der Waals surface area (Å²) >= 11 is 0. The first kappa shape index (κ1) is 18.6. The lowest BCUT2D eigenvalue weighted by atomic mass is 10.4. The maximum absolute atomic E-state index is 11.7. The van der Waals surface area contributed by atoms with Crippen LogP contribution in [0.1, 0.15) is 6.42 Å². The van der Waals surface area contributed by atoms with Crippen molar-refractivity contribution in [1.29, 1.82) is 0 Å². The Morgan fingerprint density at radius 1 is 1.30 bits per heavy atom. The summed E-state index contributed by atoms with van der Waals surface area (Å²) in [6.07, 6.45) is 1.45. The molecule has 0 bridgehead atoms. The normalized spacial score (nSPS) is 11.1. The van der Waals surface area contributed by atoms with Crippen molar-refractivity contribution in [3.63, 3.8) is 0 Å². The quantitative estimate of drug-likeness (QED) is 0.429. The van der Waals surface area contributed by atoms with Crippen LogP contribution >= 0.6 is 0 Å². The van der Waals surface area contributed by atoms with Gasteiger partial charge in [-0.1, -0.05) is 0 Å². The molecule has 118 valence electrons. The van der Waals surface area contributed by atoms with Gasteiger partial charge in [-0.25, -0.2) is 17.9 Å². The van der Waals surface area contributed by atoms with Gasteiger partial charge in [-0.05, 0) is 6.42 Å². The minimum absolute atomic E-state index is 0.163. The van der Waals surface area contributed by atoms with E-state index in [2.05, 4.69) is 10.0 Å². The second kappa shape index (κ2) is 9.50. The molecule has 0 rings (SSSR count). The SMILES string of the molecule is COCCN(CC(=O)O)C(=O)NCCCNS(C)(=O)=O. The van der Waals surface area contributed by atoms with Crippen LogP contribution in [0.15, 0.2) is 0 Å². The van der Waals surface area contributed by atoms with Gasteiger partial charge in [-0.2, -0.15) is 0 Å². The molecule has 0 aliphatic carbocycles. The van der Waals surface area contributed by atoms with Crippen molar-refractivity contribution < 1.29 is 27.9 Å². The Labute approximate surface area is 118 Å². The fraction of sp³-hybridized carbons (Fsp3) is 0.800. The zero-order valence-corrected chi connectivity index (χ0v) is 12.4. The Bertz CT molecular complexity index is 411. The Balaban J connectivity index is 4.02. The van der Waals surface area contributed by atoms with Crippen molar-refractivity contribution in [2.24, 2.45) is 0 Å². The number of nitrogens with one attached hydrogen (secondary N) is 2. The Kier molecular flexibility index (Phi) is 8.84. The van der Waals surface area contributed by atoms with Gasteiger partial charge in [0, 0.05) is 26.7 Å². The molecule has 20 heavy (non-hydrogen) atoms. The molecule has 0 unspecified atom stereocenters. The summed E-state index contributed by atoms with van der Waals surface area (Å²) in [5.74, 6) is -1.12. The molecule has 0 spiro atoms. The lowest BCUT2D eigenvalue weighted by molar-refractivity contribution is -0.137. The number of ether oxygens (including phenoxy) is 1. The lowest BCUT2D eigenvalue weighted by Crippen LogP contribution is -2.44. The van der Waals surface area contributed by atoms with Crippen LogP contribution in [0.5, 0.6) is 0 Å². The molecule has 0 saturated heterocycles. The van der Waals surface area contributed by atoms with Crippen LogP contribution in [0.25, 0.3) is 0 Å². The number of carboxylic acid groups (broad SMARTS) is 1. The van der Waals surface area contributed by atoms with Gasteiger partial charge in [0.2, 0.25) is 10.0 Å². The van der Waals surface area contributed by atoms with E-state index in [4.69, 9.17) is 9.84 Å². The molecule has 0 radical (unpaired) electrons. The topological polar surface area (TPSA) is 125 Å². The summed E-state index contributed by atoms with van der Waals surface area (Å²) in [5.41, 5.74) is 0. The van der Waals surface area contributed by atoms with Gasteiger partial charge in [-0.3, -0.25) is 4.79 Å². The summed E-state index contributed by atoms with van der Waals surface area (Å²) in [6, 6.07) is -0.524. The summed E-state index contributed by atoms with van der Waals surface area (Å²) in [5, 5.41) is 11.2. The van der Waals surface area contributed by atoms with Crippen LogP contribution in [0, 0.1) is 0 Å². The third-order valence-corrected chi connectivity index (χ3v) is 2.90. The largest absolute Gasteiger partial charge is 0.480 e. The molecule has 0 aromatic rings. The molecule has 0 aromatic carbocycles. The van der Waals surface area contributed by atoms with Gasteiger partial charge in [0.1, 0.15) is 6.54 Å². The van der Waals surface area contributed by atoms with Crippen LogP contribution in [0.4, 0.5) is 4.79 Å². The molecule has 0 saturated carbocycles. The first-order chi connectivity index (χ1) is 9.26. The van der Waals surface area contributed by atoms with Gasteiger partial charge in [0.05, 0.1) is 12.9 Å². The average molecular weight is 311 g/mol. The molecule has 0 aliphatic heterocycles. The Morgan fingerprint density at radius 3 is 2.45 bits per heavy atom. The van der Waals surface area contributed by atoms with Gasteiger partial charge in [0.15, 0.2) is 0 Å². The van der Waals surface area contributed by atoms with E-state index in [1.807, 2.05) is 0 Å². The monoisotopic (exact) mass is 311 g/mol. The predicted molar refractivity (Wildman–Crippen MR) is 71.9 cm³/mol. The van der Waals surface area contributed by atoms with E-state index < -0.39 is 28.6 Å². The summed E-state index contributed by atoms with van der Waals surface area (Å²) in [4.78, 5) is 23.4. The first-order valence-electron chi connectivity index (χ1n) is 5.94. The standard InChI is InChI=1S/C10H21N3O6S/c1-19-7-6-13(8-9(14)15)10(16)11-4-3-5-12-20(2,17)18/h12H,3-8H2,1-2H3,(H,11,16)(H,14,15). The number of carbonyl (C=O) groups is 2. The second-order valence-corrected chi connectivity index (χ2v) is 5.89.